The summed E-state index contributed by atoms with van der Waals surface area (Å²) < 4.78 is 0. The number of hydrogen-bond donors (Lipinski definition) is 1. The molecule has 0 spiro atoms. The van der Waals surface area contributed by atoms with Gasteiger partial charge in [-0.1, -0.05) is 33.1 Å². The van der Waals surface area contributed by atoms with Crippen molar-refractivity contribution in [3.63, 3.8) is 0 Å². The molecule has 0 amide bonds. The third-order valence-corrected chi connectivity index (χ3v) is 3.36. The average Bonchev–Trinajstić information content (AvgIpc) is 2.76. The maximum Gasteiger partial charge on any atom is 0.0232 e. The Balaban J connectivity index is 2.17. The summed E-state index contributed by atoms with van der Waals surface area (Å²) in [5.74, 6) is 0. The van der Waals surface area contributed by atoms with E-state index in [1.54, 1.807) is 0 Å². The lowest BCUT2D eigenvalue weighted by Gasteiger charge is -2.27. The van der Waals surface area contributed by atoms with Gasteiger partial charge in [-0.25, -0.2) is 0 Å². The minimum Gasteiger partial charge on any atom is -0.315 e. The highest BCUT2D eigenvalue weighted by molar-refractivity contribution is 4.80. The van der Waals surface area contributed by atoms with Crippen LogP contribution in [-0.2, 0) is 0 Å². The highest BCUT2D eigenvalue weighted by atomic mass is 15.2. The second-order valence-corrected chi connectivity index (χ2v) is 4.74. The van der Waals surface area contributed by atoms with E-state index in [1.807, 2.05) is 0 Å². The Bertz CT molecular complexity index is 141. The van der Waals surface area contributed by atoms with Gasteiger partial charge in [0.05, 0.1) is 0 Å². The molecule has 1 saturated heterocycles. The van der Waals surface area contributed by atoms with Gasteiger partial charge in [0.1, 0.15) is 0 Å². The van der Waals surface area contributed by atoms with Gasteiger partial charge in [0.15, 0.2) is 0 Å². The first-order valence-corrected chi connectivity index (χ1v) is 6.83. The van der Waals surface area contributed by atoms with Crippen LogP contribution in [0.15, 0.2) is 0 Å². The molecule has 0 aliphatic carbocycles. The third kappa shape index (κ3) is 4.98. The summed E-state index contributed by atoms with van der Waals surface area (Å²) >= 11 is 0. The van der Waals surface area contributed by atoms with Crippen LogP contribution in [0, 0.1) is 0 Å². The minimum absolute atomic E-state index is 0.826. The van der Waals surface area contributed by atoms with Crippen LogP contribution in [-0.4, -0.2) is 37.1 Å². The van der Waals surface area contributed by atoms with E-state index in [-0.39, 0.29) is 0 Å². The number of nitrogens with zero attached hydrogens (tertiary/aromatic N) is 1. The quantitative estimate of drug-likeness (QED) is 0.622. The molecule has 1 N–H and O–H groups in total. The van der Waals surface area contributed by atoms with Crippen molar-refractivity contribution in [3.05, 3.63) is 0 Å². The molecule has 1 aliphatic rings. The molecule has 0 aromatic carbocycles. The Morgan fingerprint density at radius 3 is 2.53 bits per heavy atom. The Morgan fingerprint density at radius 1 is 1.07 bits per heavy atom. The van der Waals surface area contributed by atoms with Gasteiger partial charge >= 0.3 is 0 Å². The first-order valence-electron chi connectivity index (χ1n) is 6.83. The lowest BCUT2D eigenvalue weighted by Crippen LogP contribution is -2.38. The van der Waals surface area contributed by atoms with Crippen LogP contribution in [0.2, 0.25) is 0 Å². The smallest absolute Gasteiger partial charge is 0.0232 e. The van der Waals surface area contributed by atoms with Gasteiger partial charge in [-0.15, -0.1) is 0 Å². The molecular formula is C13H28N2. The molecule has 90 valence electrons. The normalized spacial score (nSPS) is 21.4. The van der Waals surface area contributed by atoms with Gasteiger partial charge in [-0.3, -0.25) is 4.90 Å². The molecule has 0 aromatic heterocycles. The average molecular weight is 212 g/mol. The Labute approximate surface area is 95.4 Å². The van der Waals surface area contributed by atoms with Crippen molar-refractivity contribution in [1.82, 2.24) is 10.2 Å². The van der Waals surface area contributed by atoms with Gasteiger partial charge in [0.2, 0.25) is 0 Å². The molecular weight excluding hydrogens is 184 g/mol. The van der Waals surface area contributed by atoms with Gasteiger partial charge < -0.3 is 5.32 Å². The van der Waals surface area contributed by atoms with E-state index in [4.69, 9.17) is 0 Å². The fourth-order valence-electron chi connectivity index (χ4n) is 2.46. The van der Waals surface area contributed by atoms with Crippen LogP contribution in [0.4, 0.5) is 0 Å². The van der Waals surface area contributed by atoms with Crippen LogP contribution in [0.25, 0.3) is 0 Å². The molecule has 0 bridgehead atoms. The van der Waals surface area contributed by atoms with Gasteiger partial charge in [-0.05, 0) is 38.9 Å². The SMILES string of the molecule is CCCCCCN(CCC)C1CCNC1. The van der Waals surface area contributed by atoms with Crippen LogP contribution in [0.1, 0.15) is 52.4 Å². The lowest BCUT2D eigenvalue weighted by atomic mass is 10.1. The predicted octanol–water partition coefficient (Wildman–Crippen LogP) is 2.64. The first kappa shape index (κ1) is 13.0. The van der Waals surface area contributed by atoms with E-state index in [1.165, 1.54) is 64.7 Å². The monoisotopic (exact) mass is 212 g/mol. The molecule has 0 radical (unpaired) electrons. The number of unbranched alkanes of at least 4 members (excludes halogenated alkanes) is 3. The summed E-state index contributed by atoms with van der Waals surface area (Å²) in [4.78, 5) is 2.70. The summed E-state index contributed by atoms with van der Waals surface area (Å²) in [6.45, 7) is 9.62. The van der Waals surface area contributed by atoms with Crippen LogP contribution < -0.4 is 5.32 Å². The maximum atomic E-state index is 3.47. The Hall–Kier alpha value is -0.0800. The molecule has 0 aromatic rings. The van der Waals surface area contributed by atoms with Crippen molar-refractivity contribution in [2.24, 2.45) is 0 Å². The van der Waals surface area contributed by atoms with Crippen molar-refractivity contribution >= 4 is 0 Å². The van der Waals surface area contributed by atoms with Gasteiger partial charge in [0.25, 0.3) is 0 Å². The Kier molecular flexibility index (Phi) is 7.03. The van der Waals surface area contributed by atoms with Crippen molar-refractivity contribution < 1.29 is 0 Å². The van der Waals surface area contributed by atoms with Crippen molar-refractivity contribution in [2.45, 2.75) is 58.4 Å². The molecule has 1 unspecified atom stereocenters. The molecule has 1 fully saturated rings. The van der Waals surface area contributed by atoms with Crippen molar-refractivity contribution in [1.29, 1.82) is 0 Å². The van der Waals surface area contributed by atoms with Crippen LogP contribution in [0.3, 0.4) is 0 Å². The molecule has 1 heterocycles. The van der Waals surface area contributed by atoms with E-state index in [2.05, 4.69) is 24.1 Å². The Morgan fingerprint density at radius 2 is 1.93 bits per heavy atom. The molecule has 1 atom stereocenters. The number of rotatable bonds is 8. The second-order valence-electron chi connectivity index (χ2n) is 4.74. The highest BCUT2D eigenvalue weighted by Gasteiger charge is 2.20. The molecule has 0 saturated carbocycles. The second kappa shape index (κ2) is 8.12. The fourth-order valence-corrected chi connectivity index (χ4v) is 2.46. The van der Waals surface area contributed by atoms with Gasteiger partial charge in [0, 0.05) is 12.6 Å². The third-order valence-electron chi connectivity index (χ3n) is 3.36. The zero-order chi connectivity index (χ0) is 10.9. The topological polar surface area (TPSA) is 15.3 Å². The summed E-state index contributed by atoms with van der Waals surface area (Å²) in [7, 11) is 0. The van der Waals surface area contributed by atoms with Gasteiger partial charge in [-0.2, -0.15) is 0 Å². The summed E-state index contributed by atoms with van der Waals surface area (Å²) in [5, 5.41) is 3.47. The number of nitrogens with one attached hydrogen (secondary N) is 1. The summed E-state index contributed by atoms with van der Waals surface area (Å²) in [6, 6.07) is 0.826. The molecule has 15 heavy (non-hydrogen) atoms. The van der Waals surface area contributed by atoms with E-state index in [0.29, 0.717) is 0 Å². The molecule has 1 rings (SSSR count). The molecule has 1 aliphatic heterocycles. The largest absolute Gasteiger partial charge is 0.315 e. The first-order chi connectivity index (χ1) is 7.38. The minimum atomic E-state index is 0.826. The van der Waals surface area contributed by atoms with E-state index >= 15 is 0 Å². The summed E-state index contributed by atoms with van der Waals surface area (Å²) in [6.07, 6.45) is 8.21. The fraction of sp³-hybridized carbons (Fsp3) is 1.00. The predicted molar refractivity (Wildman–Crippen MR) is 67.3 cm³/mol. The van der Waals surface area contributed by atoms with Crippen molar-refractivity contribution in [2.75, 3.05) is 26.2 Å². The van der Waals surface area contributed by atoms with Crippen LogP contribution in [0.5, 0.6) is 0 Å². The van der Waals surface area contributed by atoms with E-state index in [0.717, 1.165) is 6.04 Å². The lowest BCUT2D eigenvalue weighted by molar-refractivity contribution is 0.204. The van der Waals surface area contributed by atoms with Crippen LogP contribution >= 0.6 is 0 Å². The highest BCUT2D eigenvalue weighted by Crippen LogP contribution is 2.11. The van der Waals surface area contributed by atoms with E-state index in [9.17, 15) is 0 Å². The standard InChI is InChI=1S/C13H28N2/c1-3-5-6-7-11-15(10-4-2)13-8-9-14-12-13/h13-14H,3-12H2,1-2H3. The zero-order valence-corrected chi connectivity index (χ0v) is 10.6. The summed E-state index contributed by atoms with van der Waals surface area (Å²) in [5.41, 5.74) is 0. The molecule has 2 heteroatoms. The molecule has 2 nitrogen and oxygen atoms in total. The number of hydrogen-bond acceptors (Lipinski definition) is 2. The maximum absolute atomic E-state index is 3.47. The van der Waals surface area contributed by atoms with Crippen molar-refractivity contribution in [3.8, 4) is 0 Å². The zero-order valence-electron chi connectivity index (χ0n) is 10.6. The van der Waals surface area contributed by atoms with E-state index < -0.39 is 0 Å².